The summed E-state index contributed by atoms with van der Waals surface area (Å²) in [6.45, 7) is 0.592. The molecule has 0 aliphatic carbocycles. The van der Waals surface area contributed by atoms with E-state index in [9.17, 15) is 13.6 Å². The Hall–Kier alpha value is -2.43. The second-order valence-corrected chi connectivity index (χ2v) is 6.48. The van der Waals surface area contributed by atoms with Gasteiger partial charge in [-0.15, -0.1) is 24.0 Å². The maximum atomic E-state index is 12.2. The van der Waals surface area contributed by atoms with Gasteiger partial charge in [0.25, 0.3) is 5.91 Å². The van der Waals surface area contributed by atoms with Crippen LogP contribution in [0.4, 0.5) is 8.78 Å². The lowest BCUT2D eigenvalue weighted by atomic mass is 10.1. The fraction of sp³-hybridized carbons (Fsp3) is 0.333. The van der Waals surface area contributed by atoms with Crippen LogP contribution in [0.3, 0.4) is 0 Å². The molecule has 9 heteroatoms. The van der Waals surface area contributed by atoms with E-state index in [0.717, 1.165) is 11.1 Å². The smallest absolute Gasteiger partial charge is 0.387 e. The zero-order valence-electron chi connectivity index (χ0n) is 17.2. The second-order valence-electron chi connectivity index (χ2n) is 6.48. The zero-order chi connectivity index (χ0) is 21.2. The number of aliphatic imine (C=N–C) groups is 1. The number of guanidine groups is 1. The molecule has 0 radical (unpaired) electrons. The molecule has 0 fully saturated rings. The molecule has 0 saturated carbocycles. The summed E-state index contributed by atoms with van der Waals surface area (Å²) in [5.41, 5.74) is 2.59. The van der Waals surface area contributed by atoms with Crippen LogP contribution in [0.15, 0.2) is 53.5 Å². The number of aryl methyl sites for hydroxylation is 1. The van der Waals surface area contributed by atoms with Crippen molar-refractivity contribution in [2.45, 2.75) is 20.1 Å². The summed E-state index contributed by atoms with van der Waals surface area (Å²) in [6, 6.07) is 13.9. The molecule has 2 aromatic carbocycles. The number of carbonyl (C=O) groups excluding carboxylic acids is 1. The highest BCUT2D eigenvalue weighted by molar-refractivity contribution is 14.0. The van der Waals surface area contributed by atoms with Crippen molar-refractivity contribution in [2.24, 2.45) is 4.99 Å². The topological polar surface area (TPSA) is 66.0 Å². The van der Waals surface area contributed by atoms with Crippen LogP contribution in [-0.2, 0) is 6.54 Å². The van der Waals surface area contributed by atoms with Gasteiger partial charge in [0.05, 0.1) is 0 Å². The van der Waals surface area contributed by atoms with Crippen LogP contribution in [0.25, 0.3) is 0 Å². The predicted molar refractivity (Wildman–Crippen MR) is 125 cm³/mol. The maximum absolute atomic E-state index is 12.2. The van der Waals surface area contributed by atoms with Crippen LogP contribution in [0.1, 0.15) is 21.5 Å². The van der Waals surface area contributed by atoms with E-state index in [1.165, 1.54) is 12.1 Å². The number of hydrogen-bond acceptors (Lipinski definition) is 3. The Labute approximate surface area is 192 Å². The third-order valence-corrected chi connectivity index (χ3v) is 4.12. The molecule has 164 valence electrons. The summed E-state index contributed by atoms with van der Waals surface area (Å²) < 4.78 is 28.8. The van der Waals surface area contributed by atoms with Crippen LogP contribution in [0.2, 0.25) is 0 Å². The van der Waals surface area contributed by atoms with Crippen molar-refractivity contribution in [3.63, 3.8) is 0 Å². The highest BCUT2D eigenvalue weighted by Gasteiger charge is 2.09. The predicted octanol–water partition coefficient (Wildman–Crippen LogP) is 3.65. The molecule has 0 heterocycles. The minimum atomic E-state index is -2.84. The second kappa shape index (κ2) is 13.0. The van der Waals surface area contributed by atoms with Crippen molar-refractivity contribution in [3.8, 4) is 5.75 Å². The summed E-state index contributed by atoms with van der Waals surface area (Å²) in [5.74, 6) is 0.658. The van der Waals surface area contributed by atoms with E-state index >= 15 is 0 Å². The van der Waals surface area contributed by atoms with Crippen LogP contribution in [-0.4, -0.2) is 50.6 Å². The Bertz CT molecular complexity index is 832. The average molecular weight is 532 g/mol. The molecule has 0 bridgehead atoms. The number of halogens is 3. The summed E-state index contributed by atoms with van der Waals surface area (Å²) >= 11 is 0. The third-order valence-electron chi connectivity index (χ3n) is 4.12. The molecule has 0 aliphatic heterocycles. The molecule has 30 heavy (non-hydrogen) atoms. The number of nitrogens with zero attached hydrogens (tertiary/aromatic N) is 2. The van der Waals surface area contributed by atoms with Crippen LogP contribution in [0, 0.1) is 6.92 Å². The molecule has 2 aromatic rings. The van der Waals surface area contributed by atoms with E-state index in [1.54, 1.807) is 25.2 Å². The van der Waals surface area contributed by atoms with Gasteiger partial charge in [-0.1, -0.05) is 29.8 Å². The van der Waals surface area contributed by atoms with Gasteiger partial charge in [0.2, 0.25) is 0 Å². The number of ether oxygens (including phenoxy) is 1. The van der Waals surface area contributed by atoms with Gasteiger partial charge in [0.15, 0.2) is 5.96 Å². The minimum Gasteiger partial charge on any atom is -0.435 e. The number of hydrogen-bond donors (Lipinski definition) is 2. The Balaban J connectivity index is 0.00000450. The molecule has 1 amide bonds. The van der Waals surface area contributed by atoms with E-state index in [0.29, 0.717) is 31.2 Å². The lowest BCUT2D eigenvalue weighted by molar-refractivity contribution is -0.0498. The number of benzene rings is 2. The highest BCUT2D eigenvalue weighted by Crippen LogP contribution is 2.15. The van der Waals surface area contributed by atoms with E-state index in [1.807, 2.05) is 37.1 Å². The SMILES string of the molecule is CN=C(NCCNC(=O)c1cccc(C)c1)N(C)Cc1ccc(OC(F)F)cc1.I. The molecule has 0 aromatic heterocycles. The lowest BCUT2D eigenvalue weighted by Gasteiger charge is -2.22. The van der Waals surface area contributed by atoms with Gasteiger partial charge in [0.1, 0.15) is 5.75 Å². The first-order valence-electron chi connectivity index (χ1n) is 9.19. The first-order valence-corrected chi connectivity index (χ1v) is 9.19. The normalized spacial score (nSPS) is 10.9. The van der Waals surface area contributed by atoms with Crippen molar-refractivity contribution >= 4 is 35.8 Å². The van der Waals surface area contributed by atoms with Crippen molar-refractivity contribution in [1.82, 2.24) is 15.5 Å². The molecule has 2 rings (SSSR count). The van der Waals surface area contributed by atoms with Crippen molar-refractivity contribution in [3.05, 3.63) is 65.2 Å². The molecular weight excluding hydrogens is 505 g/mol. The summed E-state index contributed by atoms with van der Waals surface area (Å²) in [5, 5.41) is 6.05. The van der Waals surface area contributed by atoms with Gasteiger partial charge in [-0.3, -0.25) is 9.79 Å². The maximum Gasteiger partial charge on any atom is 0.387 e. The van der Waals surface area contributed by atoms with Crippen molar-refractivity contribution in [1.29, 1.82) is 0 Å². The zero-order valence-corrected chi connectivity index (χ0v) is 19.5. The average Bonchev–Trinajstić information content (AvgIpc) is 2.69. The first kappa shape index (κ1) is 25.6. The fourth-order valence-electron chi connectivity index (χ4n) is 2.75. The summed E-state index contributed by atoms with van der Waals surface area (Å²) in [6.07, 6.45) is 0. The number of amides is 1. The fourth-order valence-corrected chi connectivity index (χ4v) is 2.75. The molecule has 0 atom stereocenters. The van der Waals surface area contributed by atoms with Gasteiger partial charge in [-0.25, -0.2) is 0 Å². The van der Waals surface area contributed by atoms with Crippen molar-refractivity contribution < 1.29 is 18.3 Å². The number of alkyl halides is 2. The van der Waals surface area contributed by atoms with Crippen molar-refractivity contribution in [2.75, 3.05) is 27.2 Å². The molecule has 0 saturated heterocycles. The van der Waals surface area contributed by atoms with Gasteiger partial charge in [0, 0.05) is 39.3 Å². The highest BCUT2D eigenvalue weighted by atomic mass is 127. The van der Waals surface area contributed by atoms with E-state index < -0.39 is 6.61 Å². The minimum absolute atomic E-state index is 0. The van der Waals surface area contributed by atoms with Gasteiger partial charge in [-0.2, -0.15) is 8.78 Å². The summed E-state index contributed by atoms with van der Waals surface area (Å²) in [4.78, 5) is 18.3. The Morgan fingerprint density at radius 2 is 1.80 bits per heavy atom. The standard InChI is InChI=1S/C21H26F2N4O2.HI/c1-15-5-4-6-17(13-15)19(28)25-11-12-26-21(24-2)27(3)14-16-7-9-18(10-8-16)29-20(22)23;/h4-10,13,20H,11-12,14H2,1-3H3,(H,24,26)(H,25,28);1H. The van der Waals surface area contributed by atoms with E-state index in [-0.39, 0.29) is 35.6 Å². The monoisotopic (exact) mass is 532 g/mol. The molecule has 0 spiro atoms. The largest absolute Gasteiger partial charge is 0.435 e. The van der Waals surface area contributed by atoms with Crippen LogP contribution in [0.5, 0.6) is 5.75 Å². The molecule has 0 unspecified atom stereocenters. The Morgan fingerprint density at radius 3 is 2.40 bits per heavy atom. The molecule has 6 nitrogen and oxygen atoms in total. The number of rotatable bonds is 8. The van der Waals surface area contributed by atoms with Gasteiger partial charge < -0.3 is 20.3 Å². The number of nitrogens with one attached hydrogen (secondary N) is 2. The van der Waals surface area contributed by atoms with Gasteiger partial charge >= 0.3 is 6.61 Å². The first-order chi connectivity index (χ1) is 13.9. The quantitative estimate of drug-likeness (QED) is 0.236. The Kier molecular flexibility index (Phi) is 11.1. The van der Waals surface area contributed by atoms with Gasteiger partial charge in [-0.05, 0) is 36.8 Å². The number of carbonyl (C=O) groups is 1. The summed E-state index contributed by atoms with van der Waals surface area (Å²) in [7, 11) is 3.54. The molecular formula is C21H27F2IN4O2. The van der Waals surface area contributed by atoms with E-state index in [4.69, 9.17) is 0 Å². The lowest BCUT2D eigenvalue weighted by Crippen LogP contribution is -2.42. The van der Waals surface area contributed by atoms with Crippen LogP contribution >= 0.6 is 24.0 Å². The third kappa shape index (κ3) is 8.52. The van der Waals surface area contributed by atoms with Crippen LogP contribution < -0.4 is 15.4 Å². The Morgan fingerprint density at radius 1 is 1.13 bits per heavy atom. The molecule has 2 N–H and O–H groups in total. The molecule has 0 aliphatic rings. The van der Waals surface area contributed by atoms with E-state index in [2.05, 4.69) is 20.4 Å².